The van der Waals surface area contributed by atoms with Crippen LogP contribution in [-0.4, -0.2) is 46.9 Å². The molecule has 1 saturated heterocycles. The Kier molecular flexibility index (Phi) is 3.08. The lowest BCUT2D eigenvalue weighted by Gasteiger charge is -2.41. The Morgan fingerprint density at radius 2 is 1.95 bits per heavy atom. The SMILES string of the molecule is Cc1nc(N(C)C)nc(N2CC(n3cccn3)C2)c1C. The Morgan fingerprint density at radius 1 is 1.20 bits per heavy atom. The quantitative estimate of drug-likeness (QED) is 0.845. The first-order valence-corrected chi connectivity index (χ1v) is 6.83. The second-order valence-electron chi connectivity index (χ2n) is 5.50. The standard InChI is InChI=1S/C14H20N6/c1-10-11(2)16-14(18(3)4)17-13(10)19-8-12(9-19)20-7-5-6-15-20/h5-7,12H,8-9H2,1-4H3. The molecule has 0 bridgehead atoms. The van der Waals surface area contributed by atoms with Gasteiger partial charge in [-0.2, -0.15) is 10.1 Å². The summed E-state index contributed by atoms with van der Waals surface area (Å²) in [6, 6.07) is 2.41. The number of anilines is 2. The molecule has 6 heteroatoms. The molecular formula is C14H20N6. The molecule has 3 rings (SSSR count). The molecule has 0 spiro atoms. The van der Waals surface area contributed by atoms with Crippen molar-refractivity contribution in [1.29, 1.82) is 0 Å². The highest BCUT2D eigenvalue weighted by Crippen LogP contribution is 2.30. The van der Waals surface area contributed by atoms with E-state index < -0.39 is 0 Å². The summed E-state index contributed by atoms with van der Waals surface area (Å²) in [4.78, 5) is 13.4. The van der Waals surface area contributed by atoms with Crippen LogP contribution in [0.4, 0.5) is 11.8 Å². The monoisotopic (exact) mass is 272 g/mol. The molecule has 0 atom stereocenters. The van der Waals surface area contributed by atoms with E-state index in [-0.39, 0.29) is 0 Å². The average Bonchev–Trinajstić information content (AvgIpc) is 2.85. The molecule has 2 aromatic heterocycles. The van der Waals surface area contributed by atoms with Gasteiger partial charge in [-0.25, -0.2) is 4.98 Å². The summed E-state index contributed by atoms with van der Waals surface area (Å²) < 4.78 is 2.02. The minimum Gasteiger partial charge on any atom is -0.352 e. The second kappa shape index (κ2) is 4.77. The Bertz CT molecular complexity index is 598. The summed E-state index contributed by atoms with van der Waals surface area (Å²) in [5.41, 5.74) is 2.20. The molecule has 1 fully saturated rings. The Labute approximate surface area is 119 Å². The highest BCUT2D eigenvalue weighted by atomic mass is 15.4. The van der Waals surface area contributed by atoms with Gasteiger partial charge in [0.15, 0.2) is 0 Å². The first kappa shape index (κ1) is 12.9. The van der Waals surface area contributed by atoms with E-state index in [1.165, 1.54) is 0 Å². The summed E-state index contributed by atoms with van der Waals surface area (Å²) >= 11 is 0. The zero-order valence-electron chi connectivity index (χ0n) is 12.4. The largest absolute Gasteiger partial charge is 0.352 e. The lowest BCUT2D eigenvalue weighted by atomic mass is 10.1. The summed E-state index contributed by atoms with van der Waals surface area (Å²) in [5, 5.41) is 4.30. The van der Waals surface area contributed by atoms with E-state index >= 15 is 0 Å². The Hall–Kier alpha value is -2.11. The van der Waals surface area contributed by atoms with Gasteiger partial charge in [0.1, 0.15) is 5.82 Å². The fourth-order valence-corrected chi connectivity index (χ4v) is 2.40. The van der Waals surface area contributed by atoms with Gasteiger partial charge in [-0.3, -0.25) is 4.68 Å². The molecule has 0 N–H and O–H groups in total. The molecule has 1 aliphatic rings. The van der Waals surface area contributed by atoms with E-state index in [1.807, 2.05) is 49.1 Å². The van der Waals surface area contributed by atoms with Crippen molar-refractivity contribution < 1.29 is 0 Å². The number of hydrogen-bond donors (Lipinski definition) is 0. The third kappa shape index (κ3) is 2.11. The van der Waals surface area contributed by atoms with Gasteiger partial charge in [-0.15, -0.1) is 0 Å². The number of aromatic nitrogens is 4. The van der Waals surface area contributed by atoms with Crippen LogP contribution < -0.4 is 9.80 Å². The maximum absolute atomic E-state index is 4.68. The van der Waals surface area contributed by atoms with E-state index in [4.69, 9.17) is 0 Å². The molecule has 20 heavy (non-hydrogen) atoms. The van der Waals surface area contributed by atoms with Gasteiger partial charge in [0.2, 0.25) is 5.95 Å². The predicted molar refractivity (Wildman–Crippen MR) is 79.3 cm³/mol. The van der Waals surface area contributed by atoms with Crippen LogP contribution in [0.2, 0.25) is 0 Å². The summed E-state index contributed by atoms with van der Waals surface area (Å²) in [6.07, 6.45) is 3.85. The van der Waals surface area contributed by atoms with Crippen LogP contribution in [0.3, 0.4) is 0 Å². The number of rotatable bonds is 3. The van der Waals surface area contributed by atoms with Gasteiger partial charge in [0.25, 0.3) is 0 Å². The summed E-state index contributed by atoms with van der Waals surface area (Å²) in [7, 11) is 3.94. The van der Waals surface area contributed by atoms with Gasteiger partial charge >= 0.3 is 0 Å². The Balaban J connectivity index is 1.82. The summed E-state index contributed by atoms with van der Waals surface area (Å²) in [6.45, 7) is 6.03. The van der Waals surface area contributed by atoms with Gasteiger partial charge in [-0.1, -0.05) is 0 Å². The molecule has 2 aromatic rings. The van der Waals surface area contributed by atoms with Crippen LogP contribution in [0.5, 0.6) is 0 Å². The lowest BCUT2D eigenvalue weighted by Crippen LogP contribution is -2.48. The third-order valence-electron chi connectivity index (χ3n) is 3.81. The van der Waals surface area contributed by atoms with Crippen molar-refractivity contribution in [1.82, 2.24) is 19.7 Å². The maximum Gasteiger partial charge on any atom is 0.227 e. The summed E-state index contributed by atoms with van der Waals surface area (Å²) in [5.74, 6) is 1.82. The van der Waals surface area contributed by atoms with Crippen molar-refractivity contribution in [3.8, 4) is 0 Å². The van der Waals surface area contributed by atoms with Crippen molar-refractivity contribution in [3.05, 3.63) is 29.7 Å². The molecule has 0 unspecified atom stereocenters. The van der Waals surface area contributed by atoms with Crippen molar-refractivity contribution in [2.24, 2.45) is 0 Å². The van der Waals surface area contributed by atoms with Crippen LogP contribution in [-0.2, 0) is 0 Å². The average molecular weight is 272 g/mol. The van der Waals surface area contributed by atoms with Crippen LogP contribution in [0, 0.1) is 13.8 Å². The molecule has 0 aromatic carbocycles. The third-order valence-corrected chi connectivity index (χ3v) is 3.81. The number of nitrogens with zero attached hydrogens (tertiary/aromatic N) is 6. The first-order valence-electron chi connectivity index (χ1n) is 6.83. The fourth-order valence-electron chi connectivity index (χ4n) is 2.40. The first-order chi connectivity index (χ1) is 9.56. The molecule has 1 aliphatic heterocycles. The molecule has 0 radical (unpaired) electrons. The van der Waals surface area contributed by atoms with E-state index in [0.717, 1.165) is 36.1 Å². The molecule has 106 valence electrons. The van der Waals surface area contributed by atoms with Crippen molar-refractivity contribution in [2.75, 3.05) is 37.0 Å². The number of aryl methyl sites for hydroxylation is 1. The van der Waals surface area contributed by atoms with Crippen molar-refractivity contribution in [2.45, 2.75) is 19.9 Å². The van der Waals surface area contributed by atoms with Crippen LogP contribution in [0.15, 0.2) is 18.5 Å². The molecular weight excluding hydrogens is 252 g/mol. The highest BCUT2D eigenvalue weighted by Gasteiger charge is 2.31. The zero-order valence-corrected chi connectivity index (χ0v) is 12.4. The minimum atomic E-state index is 0.447. The maximum atomic E-state index is 4.68. The van der Waals surface area contributed by atoms with Gasteiger partial charge < -0.3 is 9.80 Å². The van der Waals surface area contributed by atoms with E-state index in [1.54, 1.807) is 0 Å². The van der Waals surface area contributed by atoms with E-state index in [9.17, 15) is 0 Å². The smallest absolute Gasteiger partial charge is 0.227 e. The predicted octanol–water partition coefficient (Wildman–Crippen LogP) is 1.42. The topological polar surface area (TPSA) is 50.1 Å². The number of hydrogen-bond acceptors (Lipinski definition) is 5. The molecule has 3 heterocycles. The lowest BCUT2D eigenvalue weighted by molar-refractivity contribution is 0.365. The molecule has 6 nitrogen and oxygen atoms in total. The van der Waals surface area contributed by atoms with Crippen LogP contribution >= 0.6 is 0 Å². The van der Waals surface area contributed by atoms with E-state index in [0.29, 0.717) is 6.04 Å². The minimum absolute atomic E-state index is 0.447. The Morgan fingerprint density at radius 3 is 2.55 bits per heavy atom. The molecule has 0 amide bonds. The van der Waals surface area contributed by atoms with Gasteiger partial charge in [0.05, 0.1) is 6.04 Å². The fraction of sp³-hybridized carbons (Fsp3) is 0.500. The van der Waals surface area contributed by atoms with Gasteiger partial charge in [0, 0.05) is 50.8 Å². The highest BCUT2D eigenvalue weighted by molar-refractivity contribution is 5.54. The van der Waals surface area contributed by atoms with Crippen LogP contribution in [0.25, 0.3) is 0 Å². The molecule has 0 saturated carbocycles. The van der Waals surface area contributed by atoms with E-state index in [2.05, 4.69) is 26.9 Å². The second-order valence-corrected chi connectivity index (χ2v) is 5.50. The van der Waals surface area contributed by atoms with Gasteiger partial charge in [-0.05, 0) is 19.9 Å². The normalized spacial score (nSPS) is 15.3. The van der Waals surface area contributed by atoms with Crippen molar-refractivity contribution in [3.63, 3.8) is 0 Å². The van der Waals surface area contributed by atoms with Crippen molar-refractivity contribution >= 4 is 11.8 Å². The van der Waals surface area contributed by atoms with Crippen LogP contribution in [0.1, 0.15) is 17.3 Å². The zero-order chi connectivity index (χ0) is 14.3. The molecule has 0 aliphatic carbocycles.